The molecule has 0 aromatic heterocycles. The average molecular weight is 260 g/mol. The number of benzene rings is 1. The Morgan fingerprint density at radius 2 is 1.63 bits per heavy atom. The zero-order chi connectivity index (χ0) is 13.7. The topological polar surface area (TPSA) is 20.2 Å². The molecule has 1 nitrogen and oxygen atoms in total. The molecule has 0 spiro atoms. The Kier molecular flexibility index (Phi) is 5.45. The highest BCUT2D eigenvalue weighted by atomic mass is 16.3. The Morgan fingerprint density at radius 1 is 1.05 bits per heavy atom. The largest absolute Gasteiger partial charge is 0.388 e. The molecule has 1 aliphatic carbocycles. The molecule has 2 rings (SSSR count). The maximum Gasteiger partial charge on any atom is 0.0792 e. The highest BCUT2D eigenvalue weighted by molar-refractivity contribution is 5.26. The molecule has 19 heavy (non-hydrogen) atoms. The maximum absolute atomic E-state index is 10.4. The van der Waals surface area contributed by atoms with Crippen LogP contribution in [0.2, 0.25) is 0 Å². The standard InChI is InChI=1S/C18H28O/c1-3-14(2)16-9-11-17(12-10-16)18(19)13-15-7-5-4-6-8-15/h9-12,14-15,18-19H,3-8,13H2,1-2H3. The van der Waals surface area contributed by atoms with Gasteiger partial charge in [0.15, 0.2) is 0 Å². The van der Waals surface area contributed by atoms with Gasteiger partial charge < -0.3 is 5.11 Å². The summed E-state index contributed by atoms with van der Waals surface area (Å²) in [5.74, 6) is 1.35. The lowest BCUT2D eigenvalue weighted by atomic mass is 9.84. The van der Waals surface area contributed by atoms with Crippen molar-refractivity contribution in [2.75, 3.05) is 0 Å². The molecule has 106 valence electrons. The molecular formula is C18H28O. The van der Waals surface area contributed by atoms with Gasteiger partial charge in [-0.1, -0.05) is 70.2 Å². The van der Waals surface area contributed by atoms with Gasteiger partial charge in [-0.25, -0.2) is 0 Å². The fourth-order valence-corrected chi connectivity index (χ4v) is 3.16. The van der Waals surface area contributed by atoms with E-state index in [-0.39, 0.29) is 6.10 Å². The average Bonchev–Trinajstić information content (AvgIpc) is 2.47. The van der Waals surface area contributed by atoms with Gasteiger partial charge in [-0.05, 0) is 35.8 Å². The van der Waals surface area contributed by atoms with Crippen molar-refractivity contribution in [2.24, 2.45) is 5.92 Å². The summed E-state index contributed by atoms with van der Waals surface area (Å²) in [6.07, 6.45) is 8.55. The van der Waals surface area contributed by atoms with Gasteiger partial charge in [0.25, 0.3) is 0 Å². The lowest BCUT2D eigenvalue weighted by molar-refractivity contribution is 0.131. The van der Waals surface area contributed by atoms with Crippen LogP contribution in [0, 0.1) is 5.92 Å². The van der Waals surface area contributed by atoms with E-state index < -0.39 is 0 Å². The van der Waals surface area contributed by atoms with Crippen LogP contribution in [0.3, 0.4) is 0 Å². The summed E-state index contributed by atoms with van der Waals surface area (Å²) in [5.41, 5.74) is 2.48. The van der Waals surface area contributed by atoms with E-state index in [1.807, 2.05) is 0 Å². The van der Waals surface area contributed by atoms with Gasteiger partial charge in [0.05, 0.1) is 6.10 Å². The second kappa shape index (κ2) is 7.09. The SMILES string of the molecule is CCC(C)c1ccc(C(O)CC2CCCCC2)cc1. The molecule has 0 aliphatic heterocycles. The van der Waals surface area contributed by atoms with Crippen LogP contribution >= 0.6 is 0 Å². The first kappa shape index (κ1) is 14.6. The Hall–Kier alpha value is -0.820. The molecule has 1 fully saturated rings. The molecule has 1 saturated carbocycles. The smallest absolute Gasteiger partial charge is 0.0792 e. The quantitative estimate of drug-likeness (QED) is 0.771. The summed E-state index contributed by atoms with van der Waals surface area (Å²) >= 11 is 0. The van der Waals surface area contributed by atoms with Crippen molar-refractivity contribution < 1.29 is 5.11 Å². The summed E-state index contributed by atoms with van der Waals surface area (Å²) in [4.78, 5) is 0. The molecule has 0 amide bonds. The van der Waals surface area contributed by atoms with Gasteiger partial charge in [-0.2, -0.15) is 0 Å². The van der Waals surface area contributed by atoms with E-state index in [0.717, 1.165) is 17.9 Å². The highest BCUT2D eigenvalue weighted by Gasteiger charge is 2.18. The summed E-state index contributed by atoms with van der Waals surface area (Å²) in [6.45, 7) is 4.48. The first-order chi connectivity index (χ1) is 9.20. The van der Waals surface area contributed by atoms with Crippen molar-refractivity contribution in [3.05, 3.63) is 35.4 Å². The minimum Gasteiger partial charge on any atom is -0.388 e. The molecule has 1 aromatic rings. The fraction of sp³-hybridized carbons (Fsp3) is 0.667. The van der Waals surface area contributed by atoms with Crippen LogP contribution in [0.5, 0.6) is 0 Å². The van der Waals surface area contributed by atoms with Crippen LogP contribution in [0.25, 0.3) is 0 Å². The number of rotatable bonds is 5. The summed E-state index contributed by atoms with van der Waals surface area (Å²) in [7, 11) is 0. The van der Waals surface area contributed by atoms with Crippen molar-refractivity contribution in [2.45, 2.75) is 70.8 Å². The lowest BCUT2D eigenvalue weighted by Gasteiger charge is -2.24. The maximum atomic E-state index is 10.4. The highest BCUT2D eigenvalue weighted by Crippen LogP contribution is 2.32. The fourth-order valence-electron chi connectivity index (χ4n) is 3.16. The van der Waals surface area contributed by atoms with Crippen LogP contribution in [-0.4, -0.2) is 5.11 Å². The van der Waals surface area contributed by atoms with Gasteiger partial charge >= 0.3 is 0 Å². The zero-order valence-corrected chi connectivity index (χ0v) is 12.4. The summed E-state index contributed by atoms with van der Waals surface area (Å²) in [5, 5.41) is 10.4. The van der Waals surface area contributed by atoms with Crippen molar-refractivity contribution >= 4 is 0 Å². The first-order valence-corrected chi connectivity index (χ1v) is 7.98. The third-order valence-electron chi connectivity index (χ3n) is 4.78. The van der Waals surface area contributed by atoms with Gasteiger partial charge in [0, 0.05) is 0 Å². The molecule has 0 bridgehead atoms. The van der Waals surface area contributed by atoms with E-state index in [1.165, 1.54) is 44.1 Å². The van der Waals surface area contributed by atoms with Crippen molar-refractivity contribution in [1.82, 2.24) is 0 Å². The second-order valence-corrected chi connectivity index (χ2v) is 6.23. The van der Waals surface area contributed by atoms with E-state index in [4.69, 9.17) is 0 Å². The summed E-state index contributed by atoms with van der Waals surface area (Å²) in [6, 6.07) is 8.62. The van der Waals surface area contributed by atoms with E-state index in [1.54, 1.807) is 0 Å². The van der Waals surface area contributed by atoms with E-state index in [0.29, 0.717) is 5.92 Å². The van der Waals surface area contributed by atoms with E-state index in [9.17, 15) is 5.11 Å². The molecule has 1 aromatic carbocycles. The van der Waals surface area contributed by atoms with Gasteiger partial charge in [-0.15, -0.1) is 0 Å². The molecular weight excluding hydrogens is 232 g/mol. The lowest BCUT2D eigenvalue weighted by Crippen LogP contribution is -2.11. The van der Waals surface area contributed by atoms with Crippen molar-refractivity contribution in [3.63, 3.8) is 0 Å². The number of aliphatic hydroxyl groups is 1. The number of hydrogen-bond acceptors (Lipinski definition) is 1. The van der Waals surface area contributed by atoms with Crippen molar-refractivity contribution in [1.29, 1.82) is 0 Å². The monoisotopic (exact) mass is 260 g/mol. The number of aliphatic hydroxyl groups excluding tert-OH is 1. The van der Waals surface area contributed by atoms with Crippen LogP contribution < -0.4 is 0 Å². The molecule has 2 unspecified atom stereocenters. The van der Waals surface area contributed by atoms with Crippen LogP contribution in [0.15, 0.2) is 24.3 Å². The zero-order valence-electron chi connectivity index (χ0n) is 12.4. The molecule has 2 atom stereocenters. The van der Waals surface area contributed by atoms with Crippen molar-refractivity contribution in [3.8, 4) is 0 Å². The van der Waals surface area contributed by atoms with Gasteiger partial charge in [0.2, 0.25) is 0 Å². The Bertz CT molecular complexity index is 362. The third kappa shape index (κ3) is 4.07. The van der Waals surface area contributed by atoms with Gasteiger partial charge in [-0.3, -0.25) is 0 Å². The molecule has 1 N–H and O–H groups in total. The normalized spacial score (nSPS) is 20.2. The van der Waals surface area contributed by atoms with Crippen LogP contribution in [0.4, 0.5) is 0 Å². The molecule has 1 aliphatic rings. The second-order valence-electron chi connectivity index (χ2n) is 6.23. The predicted octanol–water partition coefficient (Wildman–Crippen LogP) is 5.20. The molecule has 0 heterocycles. The Labute approximate surface area is 118 Å². The van der Waals surface area contributed by atoms with E-state index >= 15 is 0 Å². The van der Waals surface area contributed by atoms with Crippen LogP contribution in [0.1, 0.15) is 81.9 Å². The van der Waals surface area contributed by atoms with E-state index in [2.05, 4.69) is 38.1 Å². The molecule has 0 saturated heterocycles. The number of hydrogen-bond donors (Lipinski definition) is 1. The molecule has 0 radical (unpaired) electrons. The Balaban J connectivity index is 1.93. The minimum atomic E-state index is -0.269. The minimum absolute atomic E-state index is 0.269. The Morgan fingerprint density at radius 3 is 2.21 bits per heavy atom. The first-order valence-electron chi connectivity index (χ1n) is 7.98. The predicted molar refractivity (Wildman–Crippen MR) is 81.3 cm³/mol. The van der Waals surface area contributed by atoms with Crippen LogP contribution in [-0.2, 0) is 0 Å². The molecule has 1 heteroatoms. The van der Waals surface area contributed by atoms with Gasteiger partial charge in [0.1, 0.15) is 0 Å². The third-order valence-corrected chi connectivity index (χ3v) is 4.78. The summed E-state index contributed by atoms with van der Waals surface area (Å²) < 4.78 is 0.